The molecule has 0 saturated heterocycles. The summed E-state index contributed by atoms with van der Waals surface area (Å²) in [5.74, 6) is -0.709. The van der Waals surface area contributed by atoms with E-state index in [0.29, 0.717) is 17.7 Å². The Morgan fingerprint density at radius 1 is 1.00 bits per heavy atom. The van der Waals surface area contributed by atoms with Gasteiger partial charge in [-0.3, -0.25) is 9.59 Å². The number of carbonyl (C=O) groups excluding carboxylic acids is 2. The maximum absolute atomic E-state index is 14.0. The molecule has 29 heavy (non-hydrogen) atoms. The first-order chi connectivity index (χ1) is 14.1. The van der Waals surface area contributed by atoms with Crippen molar-refractivity contribution in [1.82, 2.24) is 4.90 Å². The van der Waals surface area contributed by atoms with Gasteiger partial charge in [-0.2, -0.15) is 0 Å². The van der Waals surface area contributed by atoms with Gasteiger partial charge in [-0.1, -0.05) is 48.9 Å². The minimum Gasteiger partial charge on any atom is -0.483 e. The second kappa shape index (κ2) is 7.14. The summed E-state index contributed by atoms with van der Waals surface area (Å²) in [5, 5.41) is 0. The van der Waals surface area contributed by atoms with Gasteiger partial charge in [-0.25, -0.2) is 4.39 Å². The van der Waals surface area contributed by atoms with Crippen LogP contribution in [0.2, 0.25) is 0 Å². The normalized spacial score (nSPS) is 26.2. The van der Waals surface area contributed by atoms with Crippen molar-refractivity contribution < 1.29 is 18.7 Å². The van der Waals surface area contributed by atoms with Crippen LogP contribution in [0, 0.1) is 11.7 Å². The molecule has 0 N–H and O–H groups in total. The number of Topliss-reactive ketones (excluding diaryl/α,β-unsaturated/α-hetero) is 1. The van der Waals surface area contributed by atoms with Crippen LogP contribution in [-0.2, 0) is 20.9 Å². The zero-order valence-corrected chi connectivity index (χ0v) is 16.0. The van der Waals surface area contributed by atoms with E-state index in [2.05, 4.69) is 0 Å². The van der Waals surface area contributed by atoms with E-state index in [-0.39, 0.29) is 35.3 Å². The molecule has 4 nitrogen and oxygen atoms in total. The molecule has 5 heteroatoms. The van der Waals surface area contributed by atoms with Crippen molar-refractivity contribution in [3.05, 3.63) is 82.9 Å². The van der Waals surface area contributed by atoms with Gasteiger partial charge in [0.15, 0.2) is 11.5 Å². The molecule has 148 valence electrons. The molecule has 3 atom stereocenters. The number of nitrogens with zero attached hydrogens (tertiary/aromatic N) is 1. The van der Waals surface area contributed by atoms with E-state index < -0.39 is 6.04 Å². The Balaban J connectivity index is 1.60. The molecule has 1 amide bonds. The zero-order chi connectivity index (χ0) is 20.0. The molecule has 0 bridgehead atoms. The van der Waals surface area contributed by atoms with Gasteiger partial charge in [-0.15, -0.1) is 0 Å². The summed E-state index contributed by atoms with van der Waals surface area (Å²) in [6.07, 6.45) is 3.35. The Morgan fingerprint density at radius 2 is 1.79 bits per heavy atom. The summed E-state index contributed by atoms with van der Waals surface area (Å²) in [6, 6.07) is 15.2. The summed E-state index contributed by atoms with van der Waals surface area (Å²) >= 11 is 0. The molecular weight excluding hydrogens is 369 g/mol. The second-order valence-electron chi connectivity index (χ2n) is 8.03. The fraction of sp³-hybridized carbons (Fsp3) is 0.333. The first-order valence-corrected chi connectivity index (χ1v) is 10.2. The van der Waals surface area contributed by atoms with Gasteiger partial charge in [0.1, 0.15) is 11.9 Å². The molecular formula is C24H22FNO3. The van der Waals surface area contributed by atoms with Gasteiger partial charge < -0.3 is 9.64 Å². The lowest BCUT2D eigenvalue weighted by atomic mass is 9.77. The standard InChI is InChI=1S/C24H22FNO3/c25-17-10-6-9-16(13-17)21-20-22(27)18-11-4-5-12-19(18)29-23(20)24(28)26(21)14-15-7-2-1-3-8-15/h1-3,6-10,13,18-19,21H,4-5,11-12,14H2. The number of ketones is 1. The van der Waals surface area contributed by atoms with E-state index in [0.717, 1.165) is 31.2 Å². The molecule has 5 rings (SSSR count). The van der Waals surface area contributed by atoms with Gasteiger partial charge in [0, 0.05) is 6.54 Å². The van der Waals surface area contributed by atoms with Crippen molar-refractivity contribution in [1.29, 1.82) is 0 Å². The number of fused-ring (bicyclic) bond motifs is 1. The fourth-order valence-corrected chi connectivity index (χ4v) is 4.86. The van der Waals surface area contributed by atoms with Crippen LogP contribution in [0.5, 0.6) is 0 Å². The van der Waals surface area contributed by atoms with Crippen LogP contribution >= 0.6 is 0 Å². The predicted octanol–water partition coefficient (Wildman–Crippen LogP) is 4.32. The third kappa shape index (κ3) is 3.05. The van der Waals surface area contributed by atoms with Crippen LogP contribution in [0.25, 0.3) is 0 Å². The first kappa shape index (κ1) is 18.1. The average molecular weight is 391 g/mol. The monoisotopic (exact) mass is 391 g/mol. The molecule has 2 aromatic carbocycles. The molecule has 1 aliphatic carbocycles. The summed E-state index contributed by atoms with van der Waals surface area (Å²) in [6.45, 7) is 0.333. The van der Waals surface area contributed by atoms with E-state index in [1.54, 1.807) is 17.0 Å². The van der Waals surface area contributed by atoms with Crippen molar-refractivity contribution in [2.24, 2.45) is 5.92 Å². The lowest BCUT2D eigenvalue weighted by Crippen LogP contribution is -2.39. The summed E-state index contributed by atoms with van der Waals surface area (Å²) in [5.41, 5.74) is 1.96. The van der Waals surface area contributed by atoms with Crippen LogP contribution in [0.4, 0.5) is 4.39 Å². The van der Waals surface area contributed by atoms with Gasteiger partial charge in [0.25, 0.3) is 5.91 Å². The molecule has 2 heterocycles. The van der Waals surface area contributed by atoms with Gasteiger partial charge in [-0.05, 0) is 42.5 Å². The highest BCUT2D eigenvalue weighted by Gasteiger charge is 2.51. The van der Waals surface area contributed by atoms with Crippen molar-refractivity contribution in [3.63, 3.8) is 0 Å². The van der Waals surface area contributed by atoms with Crippen molar-refractivity contribution in [2.45, 2.75) is 44.4 Å². The fourth-order valence-electron chi connectivity index (χ4n) is 4.86. The predicted molar refractivity (Wildman–Crippen MR) is 105 cm³/mol. The van der Waals surface area contributed by atoms with E-state index >= 15 is 0 Å². The van der Waals surface area contributed by atoms with E-state index in [1.165, 1.54) is 12.1 Å². The smallest absolute Gasteiger partial charge is 0.290 e. The number of hydrogen-bond donors (Lipinski definition) is 0. The average Bonchev–Trinajstić information content (AvgIpc) is 3.01. The zero-order valence-electron chi connectivity index (χ0n) is 16.0. The van der Waals surface area contributed by atoms with Crippen molar-refractivity contribution >= 4 is 11.7 Å². The Morgan fingerprint density at radius 3 is 2.59 bits per heavy atom. The minimum absolute atomic E-state index is 0.00544. The lowest BCUT2D eigenvalue weighted by molar-refractivity contribution is -0.135. The second-order valence-corrected chi connectivity index (χ2v) is 8.03. The highest BCUT2D eigenvalue weighted by Crippen LogP contribution is 2.47. The number of amides is 1. The molecule has 3 aliphatic rings. The lowest BCUT2D eigenvalue weighted by Gasteiger charge is -2.35. The Labute approximate surface area is 169 Å². The number of rotatable bonds is 3. The van der Waals surface area contributed by atoms with Crippen LogP contribution in [0.15, 0.2) is 65.9 Å². The summed E-state index contributed by atoms with van der Waals surface area (Å²) in [7, 11) is 0. The molecule has 0 spiro atoms. The third-order valence-corrected chi connectivity index (χ3v) is 6.22. The van der Waals surface area contributed by atoms with E-state index in [4.69, 9.17) is 4.74 Å². The van der Waals surface area contributed by atoms with Crippen molar-refractivity contribution in [2.75, 3.05) is 0 Å². The minimum atomic E-state index is -0.621. The maximum atomic E-state index is 14.0. The van der Waals surface area contributed by atoms with Crippen LogP contribution in [0.1, 0.15) is 42.9 Å². The SMILES string of the molecule is O=C1C2=C(OC3CCCCC13)C(=O)N(Cc1ccccc1)C2c1cccc(F)c1. The Hall–Kier alpha value is -2.95. The molecule has 1 saturated carbocycles. The number of hydrogen-bond acceptors (Lipinski definition) is 3. The van der Waals surface area contributed by atoms with E-state index in [9.17, 15) is 14.0 Å². The molecule has 0 radical (unpaired) electrons. The molecule has 1 fully saturated rings. The van der Waals surface area contributed by atoms with Gasteiger partial charge >= 0.3 is 0 Å². The Bertz CT molecular complexity index is 1000. The van der Waals surface area contributed by atoms with Gasteiger partial charge in [0.2, 0.25) is 0 Å². The maximum Gasteiger partial charge on any atom is 0.290 e. The topological polar surface area (TPSA) is 46.6 Å². The van der Waals surface area contributed by atoms with Crippen molar-refractivity contribution in [3.8, 4) is 0 Å². The number of carbonyl (C=O) groups is 2. The number of benzene rings is 2. The quantitative estimate of drug-likeness (QED) is 0.783. The van der Waals surface area contributed by atoms with Gasteiger partial charge in [0.05, 0.1) is 17.5 Å². The summed E-state index contributed by atoms with van der Waals surface area (Å²) in [4.78, 5) is 28.4. The number of halogens is 1. The van der Waals surface area contributed by atoms with Crippen LogP contribution in [-0.4, -0.2) is 22.7 Å². The highest BCUT2D eigenvalue weighted by atomic mass is 19.1. The molecule has 0 aromatic heterocycles. The van der Waals surface area contributed by atoms with Crippen LogP contribution in [0.3, 0.4) is 0 Å². The third-order valence-electron chi connectivity index (χ3n) is 6.22. The molecule has 2 aliphatic heterocycles. The van der Waals surface area contributed by atoms with E-state index in [1.807, 2.05) is 30.3 Å². The first-order valence-electron chi connectivity index (χ1n) is 10.2. The highest BCUT2D eigenvalue weighted by molar-refractivity contribution is 6.11. The largest absolute Gasteiger partial charge is 0.483 e. The Kier molecular flexibility index (Phi) is 4.46. The number of ether oxygens (including phenoxy) is 1. The van der Waals surface area contributed by atoms with Crippen LogP contribution < -0.4 is 0 Å². The molecule has 2 aromatic rings. The summed E-state index contributed by atoms with van der Waals surface area (Å²) < 4.78 is 20.1. The molecule has 3 unspecified atom stereocenters.